The molecule has 2 N–H and O–H groups in total. The number of hydrogen-bond donors (Lipinski definition) is 2. The second kappa shape index (κ2) is 11.5. The SMILES string of the molecule is O=C(N/N=C/c1cccc(/C=N/NC(=O)c2ccc(-n3cccc3)cc2)c1)c1ccc(-n2cccc2)cc1. The zero-order chi connectivity index (χ0) is 26.2. The number of rotatable bonds is 8. The molecule has 3 aromatic carbocycles. The summed E-state index contributed by atoms with van der Waals surface area (Å²) in [4.78, 5) is 24.8. The number of amides is 2. The number of nitrogens with zero attached hydrogens (tertiary/aromatic N) is 4. The molecule has 0 unspecified atom stereocenters. The molecule has 8 heteroatoms. The molecule has 5 aromatic rings. The molecule has 2 heterocycles. The van der Waals surface area contributed by atoms with E-state index in [1.807, 2.05) is 107 Å². The maximum absolute atomic E-state index is 12.4. The van der Waals surface area contributed by atoms with Crippen molar-refractivity contribution in [2.45, 2.75) is 0 Å². The van der Waals surface area contributed by atoms with Crippen molar-refractivity contribution in [2.24, 2.45) is 10.2 Å². The molecule has 0 fully saturated rings. The molecular weight excluding hydrogens is 476 g/mol. The lowest BCUT2D eigenvalue weighted by Gasteiger charge is -2.05. The molecule has 0 atom stereocenters. The lowest BCUT2D eigenvalue weighted by molar-refractivity contribution is 0.0947. The number of nitrogens with one attached hydrogen (secondary N) is 2. The van der Waals surface area contributed by atoms with Gasteiger partial charge in [-0.1, -0.05) is 18.2 Å². The molecule has 0 saturated carbocycles. The first-order valence-electron chi connectivity index (χ1n) is 11.9. The van der Waals surface area contributed by atoms with Crippen molar-refractivity contribution in [3.8, 4) is 11.4 Å². The monoisotopic (exact) mass is 500 g/mol. The van der Waals surface area contributed by atoms with E-state index >= 15 is 0 Å². The van der Waals surface area contributed by atoms with Gasteiger partial charge < -0.3 is 9.13 Å². The molecule has 0 saturated heterocycles. The number of aromatic nitrogens is 2. The van der Waals surface area contributed by atoms with Crippen LogP contribution in [-0.2, 0) is 0 Å². The number of carbonyl (C=O) groups is 2. The van der Waals surface area contributed by atoms with Crippen LogP contribution < -0.4 is 10.9 Å². The molecule has 186 valence electrons. The van der Waals surface area contributed by atoms with Crippen LogP contribution in [0.4, 0.5) is 0 Å². The third-order valence-electron chi connectivity index (χ3n) is 5.73. The molecule has 0 aliphatic carbocycles. The molecule has 2 amide bonds. The molecule has 38 heavy (non-hydrogen) atoms. The average Bonchev–Trinajstić information content (AvgIpc) is 3.69. The Morgan fingerprint density at radius 3 is 1.34 bits per heavy atom. The van der Waals surface area contributed by atoms with Crippen LogP contribution in [0.3, 0.4) is 0 Å². The quantitative estimate of drug-likeness (QED) is 0.237. The van der Waals surface area contributed by atoms with Crippen molar-refractivity contribution in [1.29, 1.82) is 0 Å². The molecule has 0 bridgehead atoms. The predicted octanol–water partition coefficient (Wildman–Crippen LogP) is 4.80. The summed E-state index contributed by atoms with van der Waals surface area (Å²) >= 11 is 0. The van der Waals surface area contributed by atoms with Crippen LogP contribution in [0.5, 0.6) is 0 Å². The predicted molar refractivity (Wildman–Crippen MR) is 148 cm³/mol. The maximum Gasteiger partial charge on any atom is 0.271 e. The summed E-state index contributed by atoms with van der Waals surface area (Å²) < 4.78 is 3.92. The van der Waals surface area contributed by atoms with E-state index in [2.05, 4.69) is 21.1 Å². The van der Waals surface area contributed by atoms with E-state index < -0.39 is 0 Å². The fourth-order valence-electron chi connectivity index (χ4n) is 3.76. The summed E-state index contributed by atoms with van der Waals surface area (Å²) in [6, 6.07) is 29.7. The van der Waals surface area contributed by atoms with E-state index in [1.54, 1.807) is 36.7 Å². The Hall–Kier alpha value is -5.50. The van der Waals surface area contributed by atoms with Crippen LogP contribution in [0.2, 0.25) is 0 Å². The lowest BCUT2D eigenvalue weighted by atomic mass is 10.1. The van der Waals surface area contributed by atoms with Gasteiger partial charge in [0.1, 0.15) is 0 Å². The first-order chi connectivity index (χ1) is 18.7. The Labute approximate surface area is 219 Å². The maximum atomic E-state index is 12.4. The third kappa shape index (κ3) is 6.00. The largest absolute Gasteiger partial charge is 0.324 e. The van der Waals surface area contributed by atoms with Gasteiger partial charge in [0.05, 0.1) is 12.4 Å². The van der Waals surface area contributed by atoms with E-state index in [4.69, 9.17) is 0 Å². The topological polar surface area (TPSA) is 92.8 Å². The second-order valence-corrected chi connectivity index (χ2v) is 8.34. The van der Waals surface area contributed by atoms with Crippen LogP contribution in [-0.4, -0.2) is 33.4 Å². The van der Waals surface area contributed by atoms with Crippen molar-refractivity contribution in [3.05, 3.63) is 144 Å². The van der Waals surface area contributed by atoms with Gasteiger partial charge in [-0.05, 0) is 90.0 Å². The van der Waals surface area contributed by atoms with Crippen molar-refractivity contribution in [2.75, 3.05) is 0 Å². The Bertz CT molecular complexity index is 1450. The highest BCUT2D eigenvalue weighted by atomic mass is 16.2. The number of hydrogen-bond acceptors (Lipinski definition) is 4. The van der Waals surface area contributed by atoms with E-state index in [9.17, 15) is 9.59 Å². The highest BCUT2D eigenvalue weighted by Crippen LogP contribution is 2.11. The highest BCUT2D eigenvalue weighted by Gasteiger charge is 2.06. The highest BCUT2D eigenvalue weighted by molar-refractivity contribution is 5.96. The van der Waals surface area contributed by atoms with Crippen LogP contribution in [0, 0.1) is 0 Å². The molecule has 8 nitrogen and oxygen atoms in total. The van der Waals surface area contributed by atoms with Crippen LogP contribution in [0.25, 0.3) is 11.4 Å². The average molecular weight is 501 g/mol. The van der Waals surface area contributed by atoms with Gasteiger partial charge in [-0.3, -0.25) is 9.59 Å². The normalized spacial score (nSPS) is 11.2. The fourth-order valence-corrected chi connectivity index (χ4v) is 3.76. The standard InChI is InChI=1S/C30H24N6O2/c37-29(25-8-12-27(13-9-25)35-16-1-2-17-35)33-31-21-23-6-5-7-24(20-23)22-32-34-30(38)26-10-14-28(15-11-26)36-18-3-4-19-36/h1-22H,(H,33,37)(H,34,38)/b31-21+,32-22+. The van der Waals surface area contributed by atoms with Crippen molar-refractivity contribution < 1.29 is 9.59 Å². The van der Waals surface area contributed by atoms with E-state index in [0.717, 1.165) is 22.5 Å². The second-order valence-electron chi connectivity index (χ2n) is 8.34. The molecule has 0 spiro atoms. The van der Waals surface area contributed by atoms with Gasteiger partial charge in [0.15, 0.2) is 0 Å². The fraction of sp³-hybridized carbons (Fsp3) is 0. The number of hydrazone groups is 2. The van der Waals surface area contributed by atoms with Crippen LogP contribution >= 0.6 is 0 Å². The Morgan fingerprint density at radius 1 is 0.553 bits per heavy atom. The Morgan fingerprint density at radius 2 is 0.947 bits per heavy atom. The van der Waals surface area contributed by atoms with Crippen molar-refractivity contribution in [3.63, 3.8) is 0 Å². The number of carbonyl (C=O) groups excluding carboxylic acids is 2. The van der Waals surface area contributed by atoms with Gasteiger partial charge >= 0.3 is 0 Å². The molecule has 0 radical (unpaired) electrons. The minimum absolute atomic E-state index is 0.304. The van der Waals surface area contributed by atoms with E-state index in [1.165, 1.54) is 0 Å². The smallest absolute Gasteiger partial charge is 0.271 e. The minimum Gasteiger partial charge on any atom is -0.324 e. The third-order valence-corrected chi connectivity index (χ3v) is 5.73. The van der Waals surface area contributed by atoms with E-state index in [0.29, 0.717) is 11.1 Å². The summed E-state index contributed by atoms with van der Waals surface area (Å²) in [5.74, 6) is -0.607. The zero-order valence-corrected chi connectivity index (χ0v) is 20.3. The van der Waals surface area contributed by atoms with Gasteiger partial charge in [0.2, 0.25) is 0 Å². The summed E-state index contributed by atoms with van der Waals surface area (Å²) in [6.45, 7) is 0. The number of benzene rings is 3. The molecule has 0 aliphatic heterocycles. The van der Waals surface area contributed by atoms with Gasteiger partial charge in [0, 0.05) is 47.3 Å². The summed E-state index contributed by atoms with van der Waals surface area (Å²) in [6.07, 6.45) is 10.9. The Balaban J connectivity index is 1.13. The van der Waals surface area contributed by atoms with Gasteiger partial charge in [-0.2, -0.15) is 10.2 Å². The van der Waals surface area contributed by atoms with Crippen LogP contribution in [0.15, 0.2) is 132 Å². The van der Waals surface area contributed by atoms with Gasteiger partial charge in [-0.15, -0.1) is 0 Å². The van der Waals surface area contributed by atoms with Gasteiger partial charge in [-0.25, -0.2) is 10.9 Å². The Kier molecular flexibility index (Phi) is 7.32. The molecular formula is C30H24N6O2. The summed E-state index contributed by atoms with van der Waals surface area (Å²) in [5, 5.41) is 8.12. The minimum atomic E-state index is -0.304. The van der Waals surface area contributed by atoms with Crippen LogP contribution in [0.1, 0.15) is 31.8 Å². The van der Waals surface area contributed by atoms with Crippen molar-refractivity contribution >= 4 is 24.2 Å². The molecule has 0 aliphatic rings. The summed E-state index contributed by atoms with van der Waals surface area (Å²) in [7, 11) is 0. The lowest BCUT2D eigenvalue weighted by Crippen LogP contribution is -2.17. The van der Waals surface area contributed by atoms with Gasteiger partial charge in [0.25, 0.3) is 11.8 Å². The van der Waals surface area contributed by atoms with E-state index in [-0.39, 0.29) is 11.8 Å². The molecule has 2 aromatic heterocycles. The first kappa shape index (κ1) is 24.2. The first-order valence-corrected chi connectivity index (χ1v) is 11.9. The zero-order valence-electron chi connectivity index (χ0n) is 20.3. The van der Waals surface area contributed by atoms with Crippen molar-refractivity contribution in [1.82, 2.24) is 20.0 Å². The summed E-state index contributed by atoms with van der Waals surface area (Å²) in [5.41, 5.74) is 9.57. The molecule has 5 rings (SSSR count).